The molecule has 0 N–H and O–H groups in total. The van der Waals surface area contributed by atoms with E-state index in [0.29, 0.717) is 0 Å². The molecule has 0 unspecified atom stereocenters. The van der Waals surface area contributed by atoms with Gasteiger partial charge in [-0.25, -0.2) is 4.79 Å². The summed E-state index contributed by atoms with van der Waals surface area (Å²) in [5.41, 5.74) is 0.166. The van der Waals surface area contributed by atoms with E-state index in [9.17, 15) is 18.0 Å². The van der Waals surface area contributed by atoms with Crippen molar-refractivity contribution in [2.75, 3.05) is 0 Å². The summed E-state index contributed by atoms with van der Waals surface area (Å²) in [6, 6.07) is 0. The number of hydrogen-bond donors (Lipinski definition) is 0. The van der Waals surface area contributed by atoms with E-state index in [1.807, 2.05) is 0 Å². The summed E-state index contributed by atoms with van der Waals surface area (Å²) in [4.78, 5) is 12.9. The normalized spacial score (nSPS) is 13.1. The summed E-state index contributed by atoms with van der Waals surface area (Å²) in [5, 5.41) is 0. The molecule has 5 heteroatoms. The fourth-order valence-electron chi connectivity index (χ4n) is 0.564. The van der Waals surface area contributed by atoms with Crippen LogP contribution in [-0.4, -0.2) is 12.3 Å². The van der Waals surface area contributed by atoms with E-state index in [1.54, 1.807) is 6.92 Å². The Kier molecular flexibility index (Phi) is 4.77. The molecular formula is C8H8F3NO. The molecule has 0 saturated heterocycles. The van der Waals surface area contributed by atoms with Crippen molar-refractivity contribution in [2.45, 2.75) is 19.5 Å². The van der Waals surface area contributed by atoms with E-state index in [-0.39, 0.29) is 5.70 Å². The molecule has 0 aliphatic rings. The molecule has 0 bridgehead atoms. The molecule has 0 rings (SSSR count). The predicted molar refractivity (Wildman–Crippen MR) is 41.7 cm³/mol. The Bertz CT molecular complexity index is 259. The number of hydrogen-bond acceptors (Lipinski definition) is 2. The zero-order valence-corrected chi connectivity index (χ0v) is 6.93. The molecule has 0 aromatic heterocycles. The Hall–Kier alpha value is -1.35. The third-order valence-corrected chi connectivity index (χ3v) is 1.11. The van der Waals surface area contributed by atoms with Crippen LogP contribution in [0.2, 0.25) is 0 Å². The smallest absolute Gasteiger partial charge is 0.211 e. The fraction of sp³-hybridized carbons (Fsp3) is 0.375. The van der Waals surface area contributed by atoms with Crippen molar-refractivity contribution in [3.05, 3.63) is 23.9 Å². The van der Waals surface area contributed by atoms with E-state index >= 15 is 0 Å². The third-order valence-electron chi connectivity index (χ3n) is 1.11. The zero-order chi connectivity index (χ0) is 10.3. The average Bonchev–Trinajstić information content (AvgIpc) is 2.01. The maximum atomic E-state index is 11.6. The van der Waals surface area contributed by atoms with E-state index < -0.39 is 12.6 Å². The second-order valence-corrected chi connectivity index (χ2v) is 2.14. The van der Waals surface area contributed by atoms with E-state index in [0.717, 1.165) is 12.2 Å². The molecule has 13 heavy (non-hydrogen) atoms. The summed E-state index contributed by atoms with van der Waals surface area (Å²) >= 11 is 0. The van der Waals surface area contributed by atoms with Gasteiger partial charge < -0.3 is 0 Å². The summed E-state index contributed by atoms with van der Waals surface area (Å²) in [5.74, 6) is 0. The second-order valence-electron chi connectivity index (χ2n) is 2.14. The summed E-state index contributed by atoms with van der Waals surface area (Å²) < 4.78 is 34.9. The van der Waals surface area contributed by atoms with E-state index in [1.165, 1.54) is 12.2 Å². The molecule has 0 aliphatic heterocycles. The summed E-state index contributed by atoms with van der Waals surface area (Å²) in [6.07, 6.45) is -0.574. The topological polar surface area (TPSA) is 29.4 Å². The lowest BCUT2D eigenvalue weighted by Gasteiger charge is -1.99. The molecule has 0 aromatic rings. The minimum Gasteiger partial charge on any atom is -0.211 e. The van der Waals surface area contributed by atoms with Gasteiger partial charge in [0.15, 0.2) is 0 Å². The molecule has 0 heterocycles. The Balaban J connectivity index is 4.19. The molecule has 0 saturated carbocycles. The number of allylic oxidation sites excluding steroid dienone is 3. The highest BCUT2D eigenvalue weighted by molar-refractivity contribution is 5.39. The molecule has 2 nitrogen and oxygen atoms in total. The number of nitrogens with zero attached hydrogens (tertiary/aromatic N) is 1. The van der Waals surface area contributed by atoms with Crippen LogP contribution in [0.1, 0.15) is 13.3 Å². The SMILES string of the molecule is CC=C(C=CCC(F)(F)F)N=C=O. The van der Waals surface area contributed by atoms with Crippen LogP contribution in [0, 0.1) is 0 Å². The fourth-order valence-corrected chi connectivity index (χ4v) is 0.564. The van der Waals surface area contributed by atoms with Crippen molar-refractivity contribution in [3.63, 3.8) is 0 Å². The van der Waals surface area contributed by atoms with Crippen molar-refractivity contribution in [1.29, 1.82) is 0 Å². The van der Waals surface area contributed by atoms with Crippen molar-refractivity contribution >= 4 is 6.08 Å². The highest BCUT2D eigenvalue weighted by atomic mass is 19.4. The van der Waals surface area contributed by atoms with Gasteiger partial charge in [-0.05, 0) is 13.0 Å². The van der Waals surface area contributed by atoms with Gasteiger partial charge in [0.05, 0.1) is 12.1 Å². The molecule has 0 amide bonds. The Morgan fingerprint density at radius 3 is 2.54 bits per heavy atom. The highest BCUT2D eigenvalue weighted by Crippen LogP contribution is 2.20. The lowest BCUT2D eigenvalue weighted by molar-refractivity contribution is -0.125. The zero-order valence-electron chi connectivity index (χ0n) is 6.93. The predicted octanol–water partition coefficient (Wildman–Crippen LogP) is 2.73. The van der Waals surface area contributed by atoms with Gasteiger partial charge in [0.2, 0.25) is 6.08 Å². The maximum absolute atomic E-state index is 11.6. The van der Waals surface area contributed by atoms with E-state index in [4.69, 9.17) is 0 Å². The van der Waals surface area contributed by atoms with E-state index in [2.05, 4.69) is 4.99 Å². The summed E-state index contributed by atoms with van der Waals surface area (Å²) in [7, 11) is 0. The van der Waals surface area contributed by atoms with Gasteiger partial charge in [-0.15, -0.1) is 0 Å². The number of isocyanates is 1. The Labute approximate surface area is 73.5 Å². The van der Waals surface area contributed by atoms with Crippen LogP contribution in [0.25, 0.3) is 0 Å². The Morgan fingerprint density at radius 1 is 1.54 bits per heavy atom. The van der Waals surface area contributed by atoms with Crippen LogP contribution >= 0.6 is 0 Å². The van der Waals surface area contributed by atoms with Gasteiger partial charge >= 0.3 is 6.18 Å². The second kappa shape index (κ2) is 5.32. The van der Waals surface area contributed by atoms with Crippen LogP contribution in [0.3, 0.4) is 0 Å². The number of alkyl halides is 3. The van der Waals surface area contributed by atoms with Gasteiger partial charge in [0.1, 0.15) is 0 Å². The van der Waals surface area contributed by atoms with Gasteiger partial charge in [-0.2, -0.15) is 18.2 Å². The Morgan fingerprint density at radius 2 is 2.15 bits per heavy atom. The summed E-state index contributed by atoms with van der Waals surface area (Å²) in [6.45, 7) is 1.56. The first-order valence-electron chi connectivity index (χ1n) is 3.47. The molecule has 0 fully saturated rings. The first kappa shape index (κ1) is 11.6. The van der Waals surface area contributed by atoms with Crippen LogP contribution in [0.4, 0.5) is 13.2 Å². The van der Waals surface area contributed by atoms with Crippen molar-refractivity contribution in [3.8, 4) is 0 Å². The van der Waals surface area contributed by atoms with Crippen LogP contribution < -0.4 is 0 Å². The van der Waals surface area contributed by atoms with Gasteiger partial charge in [-0.1, -0.05) is 12.2 Å². The van der Waals surface area contributed by atoms with Crippen molar-refractivity contribution in [1.82, 2.24) is 0 Å². The molecule has 0 atom stereocenters. The number of halogens is 3. The highest BCUT2D eigenvalue weighted by Gasteiger charge is 2.24. The standard InChI is InChI=1S/C8H8F3NO/c1-2-7(12-6-13)4-3-5-8(9,10)11/h2-4H,5H2,1H3. The van der Waals surface area contributed by atoms with Crippen LogP contribution in [0.15, 0.2) is 28.9 Å². The monoisotopic (exact) mass is 191 g/mol. The molecule has 0 radical (unpaired) electrons. The van der Waals surface area contributed by atoms with Crippen LogP contribution in [-0.2, 0) is 4.79 Å². The molecule has 72 valence electrons. The lowest BCUT2D eigenvalue weighted by atomic mass is 10.3. The number of rotatable bonds is 3. The molecular weight excluding hydrogens is 183 g/mol. The van der Waals surface area contributed by atoms with Crippen LogP contribution in [0.5, 0.6) is 0 Å². The van der Waals surface area contributed by atoms with Gasteiger partial charge in [0.25, 0.3) is 0 Å². The minimum atomic E-state index is -4.22. The lowest BCUT2D eigenvalue weighted by Crippen LogP contribution is -2.03. The van der Waals surface area contributed by atoms with Crippen molar-refractivity contribution < 1.29 is 18.0 Å². The first-order chi connectivity index (χ1) is 5.99. The maximum Gasteiger partial charge on any atom is 0.392 e. The largest absolute Gasteiger partial charge is 0.392 e. The van der Waals surface area contributed by atoms with Crippen molar-refractivity contribution in [2.24, 2.45) is 4.99 Å². The molecule has 0 aromatic carbocycles. The van der Waals surface area contributed by atoms with Gasteiger partial charge in [-0.3, -0.25) is 0 Å². The number of aliphatic imine (C=N–C) groups is 1. The number of carbonyl (C=O) groups excluding carboxylic acids is 1. The minimum absolute atomic E-state index is 0.166. The third kappa shape index (κ3) is 7.03. The molecule has 0 aliphatic carbocycles. The molecule has 0 spiro atoms. The first-order valence-corrected chi connectivity index (χ1v) is 3.47. The average molecular weight is 191 g/mol. The quantitative estimate of drug-likeness (QED) is 0.383. The van der Waals surface area contributed by atoms with Gasteiger partial charge in [0, 0.05) is 0 Å².